The molecule has 0 spiro atoms. The number of aliphatic carboxylic acids is 1. The Balaban J connectivity index is 2.21. The number of amides is 2. The number of benzene rings is 1. The number of nitrogens with one attached hydrogen (secondary N) is 1. The molecule has 24 heavy (non-hydrogen) atoms. The Morgan fingerprint density at radius 2 is 2.17 bits per heavy atom. The van der Waals surface area contributed by atoms with Crippen molar-refractivity contribution in [1.82, 2.24) is 10.3 Å². The third kappa shape index (κ3) is 4.29. The molecule has 1 aliphatic rings. The number of rotatable bonds is 5. The van der Waals surface area contributed by atoms with Crippen molar-refractivity contribution in [3.8, 4) is 0 Å². The molecule has 0 radical (unpaired) electrons. The Morgan fingerprint density at radius 3 is 2.75 bits per heavy atom. The molecular formula is C15H15ClFN3O4. The Kier molecular flexibility index (Phi) is 5.50. The van der Waals surface area contributed by atoms with Crippen LogP contribution in [-0.4, -0.2) is 40.7 Å². The van der Waals surface area contributed by atoms with Gasteiger partial charge in [0.25, 0.3) is 5.91 Å². The molecule has 2 N–H and O–H groups in total. The van der Waals surface area contributed by atoms with Gasteiger partial charge in [-0.1, -0.05) is 17.7 Å². The van der Waals surface area contributed by atoms with Crippen LogP contribution in [0.1, 0.15) is 30.9 Å². The van der Waals surface area contributed by atoms with Crippen LogP contribution in [0, 0.1) is 5.82 Å². The minimum Gasteiger partial charge on any atom is -0.481 e. The highest BCUT2D eigenvalue weighted by Crippen LogP contribution is 2.23. The molecule has 0 saturated heterocycles. The van der Waals surface area contributed by atoms with Crippen molar-refractivity contribution in [2.24, 2.45) is 5.10 Å². The van der Waals surface area contributed by atoms with E-state index in [1.165, 1.54) is 19.2 Å². The van der Waals surface area contributed by atoms with Gasteiger partial charge in [-0.2, -0.15) is 5.10 Å². The van der Waals surface area contributed by atoms with Gasteiger partial charge in [-0.15, -0.1) is 0 Å². The maximum atomic E-state index is 13.6. The van der Waals surface area contributed by atoms with E-state index >= 15 is 0 Å². The van der Waals surface area contributed by atoms with E-state index in [2.05, 4.69) is 10.4 Å². The number of hydrogen-bond acceptors (Lipinski definition) is 4. The standard InChI is InChI=1S/C15H15ClFN3O4/c1-20-13(21)5-4-11(19-20)15(24)18-12(7-14(22)23)8-2-3-9(16)10(17)6-8/h2-3,6,12H,4-5,7H2,1H3,(H,18,24)(H,22,23). The molecule has 1 atom stereocenters. The maximum Gasteiger partial charge on any atom is 0.305 e. The van der Waals surface area contributed by atoms with E-state index in [1.807, 2.05) is 0 Å². The van der Waals surface area contributed by atoms with Crippen molar-refractivity contribution in [1.29, 1.82) is 0 Å². The molecule has 1 aromatic carbocycles. The number of carbonyl (C=O) groups excluding carboxylic acids is 2. The van der Waals surface area contributed by atoms with Crippen LogP contribution in [0.5, 0.6) is 0 Å². The lowest BCUT2D eigenvalue weighted by Crippen LogP contribution is -2.39. The number of carbonyl (C=O) groups is 3. The highest BCUT2D eigenvalue weighted by molar-refractivity contribution is 6.39. The predicted molar refractivity (Wildman–Crippen MR) is 84.0 cm³/mol. The molecule has 7 nitrogen and oxygen atoms in total. The number of hydrogen-bond donors (Lipinski definition) is 2. The minimum absolute atomic E-state index is 0.101. The quantitative estimate of drug-likeness (QED) is 0.840. The zero-order valence-electron chi connectivity index (χ0n) is 12.8. The largest absolute Gasteiger partial charge is 0.481 e. The first kappa shape index (κ1) is 17.9. The molecule has 1 aliphatic heterocycles. The minimum atomic E-state index is -1.16. The zero-order valence-corrected chi connectivity index (χ0v) is 13.5. The molecule has 1 unspecified atom stereocenters. The van der Waals surface area contributed by atoms with E-state index in [9.17, 15) is 18.8 Å². The molecule has 1 heterocycles. The van der Waals surface area contributed by atoms with Gasteiger partial charge in [-0.3, -0.25) is 14.4 Å². The molecule has 0 aliphatic carbocycles. The van der Waals surface area contributed by atoms with E-state index in [0.717, 1.165) is 11.1 Å². The van der Waals surface area contributed by atoms with Crippen LogP contribution < -0.4 is 5.32 Å². The van der Waals surface area contributed by atoms with Crippen molar-refractivity contribution < 1.29 is 23.9 Å². The normalized spacial score (nSPS) is 15.7. The van der Waals surface area contributed by atoms with Gasteiger partial charge in [0.05, 0.1) is 17.5 Å². The van der Waals surface area contributed by atoms with Gasteiger partial charge in [-0.05, 0) is 17.7 Å². The topological polar surface area (TPSA) is 99.1 Å². The molecule has 128 valence electrons. The Morgan fingerprint density at radius 1 is 1.46 bits per heavy atom. The number of carboxylic acids is 1. The number of nitrogens with zero attached hydrogens (tertiary/aromatic N) is 2. The SMILES string of the molecule is CN1N=C(C(=O)NC(CC(=O)O)c2ccc(Cl)c(F)c2)CCC1=O. The fraction of sp³-hybridized carbons (Fsp3) is 0.333. The highest BCUT2D eigenvalue weighted by Gasteiger charge is 2.25. The number of halogens is 2. The van der Waals surface area contributed by atoms with Crippen molar-refractivity contribution in [3.63, 3.8) is 0 Å². The Bertz CT molecular complexity index is 723. The van der Waals surface area contributed by atoms with E-state index in [4.69, 9.17) is 16.7 Å². The summed E-state index contributed by atoms with van der Waals surface area (Å²) in [6.07, 6.45) is -0.138. The lowest BCUT2D eigenvalue weighted by Gasteiger charge is -2.22. The number of hydrazone groups is 1. The molecule has 0 saturated carbocycles. The van der Waals surface area contributed by atoms with Crippen LogP contribution >= 0.6 is 11.6 Å². The van der Waals surface area contributed by atoms with Crippen molar-refractivity contribution in [3.05, 3.63) is 34.6 Å². The Labute approximate surface area is 142 Å². The Hall–Kier alpha value is -2.48. The third-order valence-electron chi connectivity index (χ3n) is 3.50. The summed E-state index contributed by atoms with van der Waals surface area (Å²) < 4.78 is 13.6. The van der Waals surface area contributed by atoms with Crippen LogP contribution in [0.25, 0.3) is 0 Å². The fourth-order valence-corrected chi connectivity index (χ4v) is 2.35. The van der Waals surface area contributed by atoms with Gasteiger partial charge in [0.15, 0.2) is 0 Å². The van der Waals surface area contributed by atoms with Gasteiger partial charge in [0, 0.05) is 19.9 Å². The first-order valence-electron chi connectivity index (χ1n) is 7.09. The monoisotopic (exact) mass is 355 g/mol. The van der Waals surface area contributed by atoms with Gasteiger partial charge in [0.1, 0.15) is 11.5 Å². The van der Waals surface area contributed by atoms with Crippen LogP contribution in [0.2, 0.25) is 5.02 Å². The highest BCUT2D eigenvalue weighted by atomic mass is 35.5. The summed E-state index contributed by atoms with van der Waals surface area (Å²) in [5.41, 5.74) is 0.385. The summed E-state index contributed by atoms with van der Waals surface area (Å²) in [5.74, 6) is -2.68. The summed E-state index contributed by atoms with van der Waals surface area (Å²) in [6.45, 7) is 0. The first-order chi connectivity index (χ1) is 11.3. The van der Waals surface area contributed by atoms with Crippen LogP contribution in [0.3, 0.4) is 0 Å². The van der Waals surface area contributed by atoms with Gasteiger partial charge >= 0.3 is 5.97 Å². The molecular weight excluding hydrogens is 341 g/mol. The lowest BCUT2D eigenvalue weighted by atomic mass is 10.0. The number of carboxylic acid groups (broad SMARTS) is 1. The second kappa shape index (κ2) is 7.39. The van der Waals surface area contributed by atoms with Crippen LogP contribution in [-0.2, 0) is 14.4 Å². The van der Waals surface area contributed by atoms with Crippen molar-refractivity contribution >= 4 is 35.1 Å². The summed E-state index contributed by atoms with van der Waals surface area (Å²) in [7, 11) is 1.43. The summed E-state index contributed by atoms with van der Waals surface area (Å²) >= 11 is 5.61. The summed E-state index contributed by atoms with van der Waals surface area (Å²) in [6, 6.07) is 2.86. The third-order valence-corrected chi connectivity index (χ3v) is 3.81. The summed E-state index contributed by atoms with van der Waals surface area (Å²) in [4.78, 5) is 34.7. The molecule has 2 amide bonds. The molecule has 9 heteroatoms. The lowest BCUT2D eigenvalue weighted by molar-refractivity contribution is -0.137. The second-order valence-electron chi connectivity index (χ2n) is 5.26. The second-order valence-corrected chi connectivity index (χ2v) is 5.67. The van der Waals surface area contributed by atoms with E-state index in [0.29, 0.717) is 0 Å². The van der Waals surface area contributed by atoms with E-state index in [-0.39, 0.29) is 35.0 Å². The molecule has 0 aromatic heterocycles. The van der Waals surface area contributed by atoms with E-state index < -0.39 is 30.2 Å². The van der Waals surface area contributed by atoms with Crippen molar-refractivity contribution in [2.75, 3.05) is 7.05 Å². The fourth-order valence-electron chi connectivity index (χ4n) is 2.23. The first-order valence-corrected chi connectivity index (χ1v) is 7.47. The van der Waals surface area contributed by atoms with Gasteiger partial charge < -0.3 is 10.4 Å². The predicted octanol–water partition coefficient (Wildman–Crippen LogP) is 1.72. The molecule has 2 rings (SSSR count). The smallest absolute Gasteiger partial charge is 0.305 e. The van der Waals surface area contributed by atoms with E-state index in [1.54, 1.807) is 0 Å². The zero-order chi connectivity index (χ0) is 17.9. The van der Waals surface area contributed by atoms with Crippen LogP contribution in [0.4, 0.5) is 4.39 Å². The average Bonchev–Trinajstić information content (AvgIpc) is 2.51. The molecule has 1 aromatic rings. The average molecular weight is 356 g/mol. The van der Waals surface area contributed by atoms with Gasteiger partial charge in [-0.25, -0.2) is 9.40 Å². The van der Waals surface area contributed by atoms with Crippen molar-refractivity contribution in [2.45, 2.75) is 25.3 Å². The molecule has 0 bridgehead atoms. The van der Waals surface area contributed by atoms with Gasteiger partial charge in [0.2, 0.25) is 5.91 Å². The van der Waals surface area contributed by atoms with Crippen LogP contribution in [0.15, 0.2) is 23.3 Å². The maximum absolute atomic E-state index is 13.6. The molecule has 0 fully saturated rings. The summed E-state index contributed by atoms with van der Waals surface area (Å²) in [5, 5.41) is 16.4.